The van der Waals surface area contributed by atoms with E-state index in [-0.39, 0.29) is 17.5 Å². The van der Waals surface area contributed by atoms with Crippen molar-refractivity contribution in [2.75, 3.05) is 27.7 Å². The molecule has 4 nitrogen and oxygen atoms in total. The topological polar surface area (TPSA) is 49.6 Å². The van der Waals surface area contributed by atoms with Gasteiger partial charge in [0.15, 0.2) is 0 Å². The average molecular weight is 281 g/mol. The van der Waals surface area contributed by atoms with Gasteiger partial charge in [-0.1, -0.05) is 13.3 Å². The molecule has 4 heteroatoms. The summed E-state index contributed by atoms with van der Waals surface area (Å²) in [6.45, 7) is 3.00. The molecule has 0 aromatic heterocycles. The highest BCUT2D eigenvalue weighted by atomic mass is 16.2. The lowest BCUT2D eigenvalue weighted by Gasteiger charge is -2.49. The van der Waals surface area contributed by atoms with Gasteiger partial charge in [-0.25, -0.2) is 0 Å². The van der Waals surface area contributed by atoms with Gasteiger partial charge >= 0.3 is 0 Å². The zero-order chi connectivity index (χ0) is 14.9. The van der Waals surface area contributed by atoms with Crippen LogP contribution in [0, 0.1) is 11.8 Å². The summed E-state index contributed by atoms with van der Waals surface area (Å²) in [6, 6.07) is 0.192. The molecule has 2 rings (SSSR count). The van der Waals surface area contributed by atoms with E-state index in [1.807, 2.05) is 11.9 Å². The fourth-order valence-electron chi connectivity index (χ4n) is 3.88. The van der Waals surface area contributed by atoms with Crippen molar-refractivity contribution in [1.29, 1.82) is 0 Å². The molecule has 0 spiro atoms. The van der Waals surface area contributed by atoms with Gasteiger partial charge in [-0.15, -0.1) is 0 Å². The van der Waals surface area contributed by atoms with Crippen molar-refractivity contribution < 1.29 is 4.79 Å². The number of hydrogen-bond donors (Lipinski definition) is 1. The molecule has 0 aromatic carbocycles. The molecular formula is C16H31N3O. The quantitative estimate of drug-likeness (QED) is 0.853. The summed E-state index contributed by atoms with van der Waals surface area (Å²) in [5.74, 6) is 0.749. The van der Waals surface area contributed by atoms with Crippen molar-refractivity contribution >= 4 is 5.91 Å². The van der Waals surface area contributed by atoms with Gasteiger partial charge in [0.05, 0.1) is 0 Å². The Morgan fingerprint density at radius 3 is 2.35 bits per heavy atom. The van der Waals surface area contributed by atoms with E-state index >= 15 is 0 Å². The lowest BCUT2D eigenvalue weighted by molar-refractivity contribution is -0.140. The molecule has 2 aliphatic rings. The molecule has 0 aromatic rings. The summed E-state index contributed by atoms with van der Waals surface area (Å²) >= 11 is 0. The molecule has 0 aliphatic heterocycles. The van der Waals surface area contributed by atoms with Crippen molar-refractivity contribution in [2.45, 2.75) is 57.0 Å². The van der Waals surface area contributed by atoms with Crippen LogP contribution in [0.15, 0.2) is 0 Å². The van der Waals surface area contributed by atoms with E-state index in [0.29, 0.717) is 11.8 Å². The maximum absolute atomic E-state index is 12.7. The van der Waals surface area contributed by atoms with E-state index in [0.717, 1.165) is 25.8 Å². The summed E-state index contributed by atoms with van der Waals surface area (Å²) < 4.78 is 0. The van der Waals surface area contributed by atoms with E-state index in [4.69, 9.17) is 5.73 Å². The normalized spacial score (nSPS) is 32.8. The standard InChI is InChI=1S/C16H31N3O/c1-12-13(7-5-8-14(12)17)15(20)19(4)11-16(18(2)3)9-6-10-16/h12-14H,5-11,17H2,1-4H3. The molecule has 0 saturated heterocycles. The molecule has 2 aliphatic carbocycles. The van der Waals surface area contributed by atoms with Gasteiger partial charge < -0.3 is 15.5 Å². The fraction of sp³-hybridized carbons (Fsp3) is 0.938. The number of rotatable bonds is 4. The van der Waals surface area contributed by atoms with Gasteiger partial charge in [0.25, 0.3) is 0 Å². The van der Waals surface area contributed by atoms with E-state index in [1.165, 1.54) is 19.3 Å². The number of amides is 1. The first-order valence-electron chi connectivity index (χ1n) is 8.05. The van der Waals surface area contributed by atoms with Gasteiger partial charge in [-0.05, 0) is 52.1 Å². The van der Waals surface area contributed by atoms with Crippen molar-refractivity contribution in [1.82, 2.24) is 9.80 Å². The Bertz CT molecular complexity index is 352. The summed E-state index contributed by atoms with van der Waals surface area (Å²) in [5.41, 5.74) is 6.35. The van der Waals surface area contributed by atoms with Crippen LogP contribution in [0.1, 0.15) is 45.4 Å². The lowest BCUT2D eigenvalue weighted by atomic mass is 9.74. The van der Waals surface area contributed by atoms with Crippen LogP contribution in [0.25, 0.3) is 0 Å². The number of hydrogen-bond acceptors (Lipinski definition) is 3. The van der Waals surface area contributed by atoms with Gasteiger partial charge in [0.1, 0.15) is 0 Å². The maximum Gasteiger partial charge on any atom is 0.225 e. The Morgan fingerprint density at radius 2 is 1.85 bits per heavy atom. The SMILES string of the molecule is CC1C(N)CCCC1C(=O)N(C)CC1(N(C)C)CCC1. The first-order chi connectivity index (χ1) is 9.37. The second-order valence-corrected chi connectivity index (χ2v) is 7.23. The van der Waals surface area contributed by atoms with Crippen LogP contribution in [0.2, 0.25) is 0 Å². The van der Waals surface area contributed by atoms with Crippen molar-refractivity contribution in [3.8, 4) is 0 Å². The molecule has 3 unspecified atom stereocenters. The second-order valence-electron chi connectivity index (χ2n) is 7.23. The molecule has 0 bridgehead atoms. The molecule has 0 heterocycles. The lowest BCUT2D eigenvalue weighted by Crippen LogP contribution is -2.58. The minimum atomic E-state index is 0.128. The smallest absolute Gasteiger partial charge is 0.225 e. The molecule has 3 atom stereocenters. The maximum atomic E-state index is 12.7. The Kier molecular flexibility index (Phi) is 4.75. The zero-order valence-corrected chi connectivity index (χ0v) is 13.6. The molecule has 2 saturated carbocycles. The molecule has 2 N–H and O–H groups in total. The van der Waals surface area contributed by atoms with Crippen LogP contribution in [-0.2, 0) is 4.79 Å². The van der Waals surface area contributed by atoms with Gasteiger partial charge in [0.2, 0.25) is 5.91 Å². The number of carbonyl (C=O) groups excluding carboxylic acids is 1. The first kappa shape index (κ1) is 15.8. The molecule has 2 fully saturated rings. The summed E-state index contributed by atoms with van der Waals surface area (Å²) in [7, 11) is 6.24. The Hall–Kier alpha value is -0.610. The van der Waals surface area contributed by atoms with E-state index in [1.54, 1.807) is 0 Å². The first-order valence-corrected chi connectivity index (χ1v) is 8.05. The third kappa shape index (κ3) is 2.86. The molecular weight excluding hydrogens is 250 g/mol. The number of nitrogens with zero attached hydrogens (tertiary/aromatic N) is 2. The highest BCUT2D eigenvalue weighted by Crippen LogP contribution is 2.37. The zero-order valence-electron chi connectivity index (χ0n) is 13.6. The number of carbonyl (C=O) groups is 1. The molecule has 20 heavy (non-hydrogen) atoms. The minimum absolute atomic E-state index is 0.128. The van der Waals surface area contributed by atoms with Gasteiger partial charge in [0, 0.05) is 31.1 Å². The van der Waals surface area contributed by atoms with Crippen molar-refractivity contribution in [3.05, 3.63) is 0 Å². The highest BCUT2D eigenvalue weighted by Gasteiger charge is 2.42. The third-order valence-electron chi connectivity index (χ3n) is 5.82. The Balaban J connectivity index is 1.98. The summed E-state index contributed by atoms with van der Waals surface area (Å²) in [5, 5.41) is 0. The van der Waals surface area contributed by atoms with Crippen molar-refractivity contribution in [2.24, 2.45) is 17.6 Å². The van der Waals surface area contributed by atoms with Gasteiger partial charge in [-0.2, -0.15) is 0 Å². The third-order valence-corrected chi connectivity index (χ3v) is 5.82. The molecule has 0 radical (unpaired) electrons. The molecule has 1 amide bonds. The molecule has 116 valence electrons. The van der Waals surface area contributed by atoms with Crippen LogP contribution >= 0.6 is 0 Å². The van der Waals surface area contributed by atoms with E-state index in [9.17, 15) is 4.79 Å². The monoisotopic (exact) mass is 281 g/mol. The van der Waals surface area contributed by atoms with Crippen LogP contribution in [-0.4, -0.2) is 55.0 Å². The fourth-order valence-corrected chi connectivity index (χ4v) is 3.88. The largest absolute Gasteiger partial charge is 0.344 e. The summed E-state index contributed by atoms with van der Waals surface area (Å²) in [4.78, 5) is 17.0. The minimum Gasteiger partial charge on any atom is -0.344 e. The predicted octanol–water partition coefficient (Wildman–Crippen LogP) is 1.69. The van der Waals surface area contributed by atoms with E-state index < -0.39 is 0 Å². The van der Waals surface area contributed by atoms with Crippen LogP contribution in [0.5, 0.6) is 0 Å². The Morgan fingerprint density at radius 1 is 1.20 bits per heavy atom. The highest BCUT2D eigenvalue weighted by molar-refractivity contribution is 5.79. The van der Waals surface area contributed by atoms with E-state index in [2.05, 4.69) is 25.9 Å². The van der Waals surface area contributed by atoms with Crippen LogP contribution < -0.4 is 5.73 Å². The van der Waals surface area contributed by atoms with Crippen molar-refractivity contribution in [3.63, 3.8) is 0 Å². The predicted molar refractivity (Wildman–Crippen MR) is 82.4 cm³/mol. The van der Waals surface area contributed by atoms with Gasteiger partial charge in [-0.3, -0.25) is 4.79 Å². The summed E-state index contributed by atoms with van der Waals surface area (Å²) in [6.07, 6.45) is 6.86. The number of likely N-dealkylation sites (N-methyl/N-ethyl adjacent to an activating group) is 2. The Labute approximate surface area is 123 Å². The van der Waals surface area contributed by atoms with Crippen LogP contribution in [0.4, 0.5) is 0 Å². The average Bonchev–Trinajstić information content (AvgIpc) is 2.35. The number of nitrogens with two attached hydrogens (primary N) is 1. The second kappa shape index (κ2) is 6.02. The van der Waals surface area contributed by atoms with Crippen LogP contribution in [0.3, 0.4) is 0 Å².